The van der Waals surface area contributed by atoms with Crippen molar-refractivity contribution in [2.45, 2.75) is 13.5 Å². The average molecular weight is 434 g/mol. The second-order valence-electron chi connectivity index (χ2n) is 6.33. The summed E-state index contributed by atoms with van der Waals surface area (Å²) in [6.45, 7) is 1.51. The Bertz CT molecular complexity index is 1160. The number of nitrogens with two attached hydrogens (primary N) is 1. The number of ether oxygens (including phenoxy) is 2. The van der Waals surface area contributed by atoms with Crippen LogP contribution in [0.5, 0.6) is 0 Å². The van der Waals surface area contributed by atoms with Crippen LogP contribution in [0.15, 0.2) is 54.6 Å². The fourth-order valence-electron chi connectivity index (χ4n) is 2.84. The minimum Gasteiger partial charge on any atom is -0.462 e. The molecule has 8 heteroatoms. The van der Waals surface area contributed by atoms with Gasteiger partial charge in [-0.3, -0.25) is 4.79 Å². The van der Waals surface area contributed by atoms with Gasteiger partial charge in [0.15, 0.2) is 5.78 Å². The molecular formula is C23H18N2O5S. The molecule has 0 saturated heterocycles. The normalized spacial score (nSPS) is 10.2. The number of rotatable bonds is 7. The highest BCUT2D eigenvalue weighted by Crippen LogP contribution is 2.32. The lowest BCUT2D eigenvalue weighted by Crippen LogP contribution is -2.10. The van der Waals surface area contributed by atoms with Gasteiger partial charge >= 0.3 is 11.9 Å². The zero-order valence-corrected chi connectivity index (χ0v) is 17.4. The van der Waals surface area contributed by atoms with Gasteiger partial charge in [0.05, 0.1) is 17.7 Å². The van der Waals surface area contributed by atoms with Gasteiger partial charge < -0.3 is 15.2 Å². The molecule has 0 radical (unpaired) electrons. The van der Waals surface area contributed by atoms with Gasteiger partial charge in [-0.15, -0.1) is 11.3 Å². The van der Waals surface area contributed by atoms with Crippen LogP contribution in [0.3, 0.4) is 0 Å². The van der Waals surface area contributed by atoms with E-state index in [-0.39, 0.29) is 45.6 Å². The smallest absolute Gasteiger partial charge is 0.348 e. The molecule has 3 rings (SSSR count). The van der Waals surface area contributed by atoms with Gasteiger partial charge in [0.25, 0.3) is 0 Å². The molecular weight excluding hydrogens is 416 g/mol. The summed E-state index contributed by atoms with van der Waals surface area (Å²) in [5.74, 6) is -1.45. The third-order valence-electron chi connectivity index (χ3n) is 4.37. The van der Waals surface area contributed by atoms with Gasteiger partial charge in [0.1, 0.15) is 22.6 Å². The summed E-state index contributed by atoms with van der Waals surface area (Å²) in [7, 11) is 0. The zero-order valence-electron chi connectivity index (χ0n) is 16.6. The first-order chi connectivity index (χ1) is 15.0. The van der Waals surface area contributed by atoms with Crippen LogP contribution < -0.4 is 5.73 Å². The van der Waals surface area contributed by atoms with E-state index in [1.807, 2.05) is 12.1 Å². The number of esters is 2. The number of ketones is 1. The molecule has 0 unspecified atom stereocenters. The topological polar surface area (TPSA) is 119 Å². The van der Waals surface area contributed by atoms with Crippen LogP contribution >= 0.6 is 11.3 Å². The van der Waals surface area contributed by atoms with E-state index in [9.17, 15) is 19.6 Å². The number of nitrogen functional groups attached to an aromatic ring is 1. The molecule has 1 aromatic heterocycles. The van der Waals surface area contributed by atoms with Crippen molar-refractivity contribution in [1.82, 2.24) is 0 Å². The van der Waals surface area contributed by atoms with Crippen LogP contribution in [-0.2, 0) is 16.1 Å². The standard InChI is InChI=1S/C23H18N2O5S/c1-2-29-23(28)20-18(17(12-24)21(25)31-20)13-30-22(27)16-10-8-15(9-11-16)19(26)14-6-4-3-5-7-14/h3-11H,2,13,25H2,1H3. The van der Waals surface area contributed by atoms with Crippen LogP contribution in [0.1, 0.15) is 54.0 Å². The van der Waals surface area contributed by atoms with E-state index in [1.165, 1.54) is 12.1 Å². The SMILES string of the molecule is CCOC(=O)c1sc(N)c(C#N)c1COC(=O)c1ccc(C(=O)c2ccccc2)cc1. The lowest BCUT2D eigenvalue weighted by atomic mass is 10.0. The molecule has 2 aromatic carbocycles. The van der Waals surface area contributed by atoms with Crippen molar-refractivity contribution in [3.8, 4) is 6.07 Å². The summed E-state index contributed by atoms with van der Waals surface area (Å²) in [6.07, 6.45) is 0. The number of thiophene rings is 1. The third-order valence-corrected chi connectivity index (χ3v) is 5.41. The molecule has 0 bridgehead atoms. The molecule has 0 amide bonds. The lowest BCUT2D eigenvalue weighted by Gasteiger charge is -2.07. The van der Waals surface area contributed by atoms with Crippen molar-refractivity contribution in [3.05, 3.63) is 87.3 Å². The van der Waals surface area contributed by atoms with Crippen LogP contribution in [0.25, 0.3) is 0 Å². The largest absolute Gasteiger partial charge is 0.462 e. The second-order valence-corrected chi connectivity index (χ2v) is 7.38. The predicted octanol–water partition coefficient (Wildman–Crippen LogP) is 3.97. The minimum atomic E-state index is -0.665. The Morgan fingerprint density at radius 1 is 0.935 bits per heavy atom. The fraction of sp³-hybridized carbons (Fsp3) is 0.130. The number of carbonyl (C=O) groups is 3. The molecule has 31 heavy (non-hydrogen) atoms. The Hall–Kier alpha value is -3.96. The number of benzene rings is 2. The van der Waals surface area contributed by atoms with Crippen LogP contribution in [0, 0.1) is 11.3 Å². The first kappa shape index (κ1) is 21.7. The molecule has 0 fully saturated rings. The summed E-state index contributed by atoms with van der Waals surface area (Å²) in [5, 5.41) is 9.49. The number of nitriles is 1. The maximum atomic E-state index is 12.5. The predicted molar refractivity (Wildman–Crippen MR) is 115 cm³/mol. The van der Waals surface area contributed by atoms with Gasteiger partial charge in [0, 0.05) is 16.7 Å². The van der Waals surface area contributed by atoms with Crippen molar-refractivity contribution >= 4 is 34.1 Å². The molecule has 0 saturated carbocycles. The first-order valence-electron chi connectivity index (χ1n) is 9.31. The summed E-state index contributed by atoms with van der Waals surface area (Å²) < 4.78 is 10.3. The van der Waals surface area contributed by atoms with Gasteiger partial charge in [-0.2, -0.15) is 5.26 Å². The summed E-state index contributed by atoms with van der Waals surface area (Å²) in [4.78, 5) is 37.2. The number of nitrogens with zero attached hydrogens (tertiary/aromatic N) is 1. The van der Waals surface area contributed by atoms with Crippen molar-refractivity contribution in [2.75, 3.05) is 12.3 Å². The molecule has 0 spiro atoms. The second kappa shape index (κ2) is 9.69. The van der Waals surface area contributed by atoms with Gasteiger partial charge in [-0.25, -0.2) is 9.59 Å². The molecule has 7 nitrogen and oxygen atoms in total. The molecule has 3 aromatic rings. The van der Waals surface area contributed by atoms with Crippen molar-refractivity contribution in [3.63, 3.8) is 0 Å². The summed E-state index contributed by atoms with van der Waals surface area (Å²) in [5.41, 5.74) is 7.32. The van der Waals surface area contributed by atoms with Gasteiger partial charge in [0.2, 0.25) is 0 Å². The van der Waals surface area contributed by atoms with Crippen LogP contribution in [-0.4, -0.2) is 24.3 Å². The molecule has 156 valence electrons. The number of hydrogen-bond acceptors (Lipinski definition) is 8. The van der Waals surface area contributed by atoms with Gasteiger partial charge in [-0.1, -0.05) is 42.5 Å². The Kier molecular flexibility index (Phi) is 6.80. The van der Waals surface area contributed by atoms with E-state index in [1.54, 1.807) is 43.3 Å². The molecule has 0 aliphatic heterocycles. The van der Waals surface area contributed by atoms with E-state index < -0.39 is 11.9 Å². The highest BCUT2D eigenvalue weighted by molar-refractivity contribution is 7.18. The van der Waals surface area contributed by atoms with E-state index in [0.717, 1.165) is 11.3 Å². The third kappa shape index (κ3) is 4.79. The number of hydrogen-bond donors (Lipinski definition) is 1. The molecule has 1 heterocycles. The van der Waals surface area contributed by atoms with E-state index in [0.29, 0.717) is 11.1 Å². The molecule has 0 atom stereocenters. The molecule has 2 N–H and O–H groups in total. The fourth-order valence-corrected chi connectivity index (χ4v) is 3.76. The van der Waals surface area contributed by atoms with Gasteiger partial charge in [-0.05, 0) is 19.1 Å². The van der Waals surface area contributed by atoms with Crippen LogP contribution in [0.2, 0.25) is 0 Å². The monoisotopic (exact) mass is 434 g/mol. The maximum Gasteiger partial charge on any atom is 0.348 e. The van der Waals surface area contributed by atoms with E-state index in [2.05, 4.69) is 0 Å². The van der Waals surface area contributed by atoms with E-state index in [4.69, 9.17) is 15.2 Å². The quantitative estimate of drug-likeness (QED) is 0.441. The van der Waals surface area contributed by atoms with Crippen molar-refractivity contribution in [1.29, 1.82) is 5.26 Å². The van der Waals surface area contributed by atoms with Crippen LogP contribution in [0.4, 0.5) is 5.00 Å². The Labute approximate surface area is 182 Å². The summed E-state index contributed by atoms with van der Waals surface area (Å²) in [6, 6.07) is 16.8. The van der Waals surface area contributed by atoms with Crippen molar-refractivity contribution < 1.29 is 23.9 Å². The van der Waals surface area contributed by atoms with Crippen molar-refractivity contribution in [2.24, 2.45) is 0 Å². The lowest BCUT2D eigenvalue weighted by molar-refractivity contribution is 0.0452. The Morgan fingerprint density at radius 3 is 2.16 bits per heavy atom. The zero-order chi connectivity index (χ0) is 22.4. The average Bonchev–Trinajstić information content (AvgIpc) is 3.13. The molecule has 0 aliphatic carbocycles. The highest BCUT2D eigenvalue weighted by Gasteiger charge is 2.24. The highest BCUT2D eigenvalue weighted by atomic mass is 32.1. The first-order valence-corrected chi connectivity index (χ1v) is 10.1. The number of carbonyl (C=O) groups excluding carboxylic acids is 3. The number of anilines is 1. The minimum absolute atomic E-state index is 0.0876. The Morgan fingerprint density at radius 2 is 1.55 bits per heavy atom. The Balaban J connectivity index is 1.74. The van der Waals surface area contributed by atoms with E-state index >= 15 is 0 Å². The maximum absolute atomic E-state index is 12.5. The summed E-state index contributed by atoms with van der Waals surface area (Å²) >= 11 is 0.916. The molecule has 0 aliphatic rings.